The first-order chi connectivity index (χ1) is 8.58. The third-order valence-corrected chi connectivity index (χ3v) is 3.38. The molecule has 2 heterocycles. The quantitative estimate of drug-likeness (QED) is 0.845. The highest BCUT2D eigenvalue weighted by Crippen LogP contribution is 2.19. The molecule has 1 amide bonds. The summed E-state index contributed by atoms with van der Waals surface area (Å²) < 4.78 is 5.52. The predicted molar refractivity (Wildman–Crippen MR) is 69.9 cm³/mol. The molecule has 1 aromatic rings. The van der Waals surface area contributed by atoms with Crippen LogP contribution in [0.25, 0.3) is 0 Å². The van der Waals surface area contributed by atoms with Crippen LogP contribution in [0.4, 0.5) is 0 Å². The molecule has 1 unspecified atom stereocenters. The zero-order chi connectivity index (χ0) is 13.1. The number of rotatable bonds is 3. The number of hydrogen-bond donors (Lipinski definition) is 0. The minimum atomic E-state index is -0.108. The number of amides is 1. The fraction of sp³-hybridized carbons (Fsp3) is 0.538. The van der Waals surface area contributed by atoms with Gasteiger partial charge in [0.25, 0.3) is 5.91 Å². The number of halogens is 1. The van der Waals surface area contributed by atoms with Crippen LogP contribution >= 0.6 is 11.6 Å². The van der Waals surface area contributed by atoms with Gasteiger partial charge >= 0.3 is 0 Å². The molecule has 1 aromatic heterocycles. The van der Waals surface area contributed by atoms with Crippen LogP contribution in [0, 0.1) is 6.92 Å². The average molecular weight is 269 g/mol. The molecule has 2 rings (SSSR count). The van der Waals surface area contributed by atoms with Gasteiger partial charge in [0.15, 0.2) is 0 Å². The maximum atomic E-state index is 12.2. The summed E-state index contributed by atoms with van der Waals surface area (Å²) in [6, 6.07) is 1.70. The summed E-state index contributed by atoms with van der Waals surface area (Å²) in [5.74, 6) is -0.108. The minimum Gasteiger partial charge on any atom is -0.376 e. The van der Waals surface area contributed by atoms with E-state index in [4.69, 9.17) is 16.3 Å². The van der Waals surface area contributed by atoms with E-state index in [9.17, 15) is 4.79 Å². The monoisotopic (exact) mass is 268 g/mol. The largest absolute Gasteiger partial charge is 0.376 e. The lowest BCUT2D eigenvalue weighted by Gasteiger charge is -2.21. The van der Waals surface area contributed by atoms with Gasteiger partial charge in [0.05, 0.1) is 16.7 Å². The Morgan fingerprint density at radius 3 is 3.06 bits per heavy atom. The Balaban J connectivity index is 2.05. The Morgan fingerprint density at radius 1 is 1.67 bits per heavy atom. The van der Waals surface area contributed by atoms with Crippen LogP contribution in [0.3, 0.4) is 0 Å². The lowest BCUT2D eigenvalue weighted by atomic mass is 10.2. The summed E-state index contributed by atoms with van der Waals surface area (Å²) in [6.45, 7) is 3.23. The maximum absolute atomic E-state index is 12.2. The van der Waals surface area contributed by atoms with E-state index in [2.05, 4.69) is 4.98 Å². The number of pyridine rings is 1. The van der Waals surface area contributed by atoms with Gasteiger partial charge in [-0.25, -0.2) is 0 Å². The van der Waals surface area contributed by atoms with Crippen molar-refractivity contribution in [1.29, 1.82) is 0 Å². The highest BCUT2D eigenvalue weighted by Gasteiger charge is 2.22. The van der Waals surface area contributed by atoms with Crippen molar-refractivity contribution in [2.45, 2.75) is 25.9 Å². The van der Waals surface area contributed by atoms with Crippen molar-refractivity contribution in [3.05, 3.63) is 28.5 Å². The van der Waals surface area contributed by atoms with Crippen molar-refractivity contribution >= 4 is 17.5 Å². The zero-order valence-corrected chi connectivity index (χ0v) is 11.4. The van der Waals surface area contributed by atoms with Gasteiger partial charge in [0.1, 0.15) is 0 Å². The smallest absolute Gasteiger partial charge is 0.256 e. The summed E-state index contributed by atoms with van der Waals surface area (Å²) >= 11 is 6.07. The number of nitrogens with zero attached hydrogens (tertiary/aromatic N) is 2. The van der Waals surface area contributed by atoms with Crippen LogP contribution in [0.1, 0.15) is 28.9 Å². The van der Waals surface area contributed by atoms with E-state index < -0.39 is 0 Å². The highest BCUT2D eigenvalue weighted by molar-refractivity contribution is 6.33. The van der Waals surface area contributed by atoms with Crippen LogP contribution in [-0.2, 0) is 4.74 Å². The molecule has 98 valence electrons. The molecule has 1 atom stereocenters. The lowest BCUT2D eigenvalue weighted by molar-refractivity contribution is 0.0587. The number of ether oxygens (including phenoxy) is 1. The van der Waals surface area contributed by atoms with Gasteiger partial charge in [-0.3, -0.25) is 9.78 Å². The Morgan fingerprint density at radius 2 is 2.44 bits per heavy atom. The number of carbonyl (C=O) groups excluding carboxylic acids is 1. The van der Waals surface area contributed by atoms with E-state index in [1.807, 2.05) is 6.92 Å². The number of aryl methyl sites for hydroxylation is 1. The van der Waals surface area contributed by atoms with E-state index in [0.29, 0.717) is 17.1 Å². The van der Waals surface area contributed by atoms with Crippen LogP contribution in [0.15, 0.2) is 12.3 Å². The molecule has 1 aliphatic heterocycles. The van der Waals surface area contributed by atoms with Gasteiger partial charge in [-0.2, -0.15) is 0 Å². The van der Waals surface area contributed by atoms with Gasteiger partial charge in [-0.15, -0.1) is 0 Å². The van der Waals surface area contributed by atoms with E-state index in [-0.39, 0.29) is 12.0 Å². The number of hydrogen-bond acceptors (Lipinski definition) is 3. The number of aromatic nitrogens is 1. The van der Waals surface area contributed by atoms with Gasteiger partial charge < -0.3 is 9.64 Å². The molecule has 1 saturated heterocycles. The zero-order valence-electron chi connectivity index (χ0n) is 10.6. The standard InChI is InChI=1S/C13H17ClN2O2/c1-9-6-12(14)11(7-15-9)13(17)16(2)8-10-4-3-5-18-10/h6-7,10H,3-5,8H2,1-2H3. The molecule has 0 N–H and O–H groups in total. The molecule has 0 saturated carbocycles. The second kappa shape index (κ2) is 5.67. The molecule has 1 aliphatic rings. The van der Waals surface area contributed by atoms with Crippen molar-refractivity contribution in [3.63, 3.8) is 0 Å². The van der Waals surface area contributed by atoms with Gasteiger partial charge in [-0.05, 0) is 25.8 Å². The van der Waals surface area contributed by atoms with Crippen LogP contribution in [0.5, 0.6) is 0 Å². The Labute approximate surface area is 112 Å². The van der Waals surface area contributed by atoms with Crippen molar-refractivity contribution in [2.75, 3.05) is 20.2 Å². The molecular formula is C13H17ClN2O2. The van der Waals surface area contributed by atoms with E-state index in [0.717, 1.165) is 25.1 Å². The summed E-state index contributed by atoms with van der Waals surface area (Å²) in [5.41, 5.74) is 1.25. The normalized spacial score (nSPS) is 18.9. The third-order valence-electron chi connectivity index (χ3n) is 3.07. The van der Waals surface area contributed by atoms with Crippen molar-refractivity contribution in [1.82, 2.24) is 9.88 Å². The van der Waals surface area contributed by atoms with Gasteiger partial charge in [0.2, 0.25) is 0 Å². The summed E-state index contributed by atoms with van der Waals surface area (Å²) in [7, 11) is 1.76. The molecular weight excluding hydrogens is 252 g/mol. The molecule has 4 nitrogen and oxygen atoms in total. The Bertz CT molecular complexity index is 445. The van der Waals surface area contributed by atoms with Gasteiger partial charge in [0, 0.05) is 32.1 Å². The van der Waals surface area contributed by atoms with Crippen LogP contribution < -0.4 is 0 Å². The molecule has 1 fully saturated rings. The minimum absolute atomic E-state index is 0.108. The second-order valence-corrected chi connectivity index (χ2v) is 5.03. The number of carbonyl (C=O) groups is 1. The first kappa shape index (κ1) is 13.3. The van der Waals surface area contributed by atoms with E-state index >= 15 is 0 Å². The van der Waals surface area contributed by atoms with Crippen LogP contribution in [-0.4, -0.2) is 42.1 Å². The van der Waals surface area contributed by atoms with Crippen molar-refractivity contribution in [3.8, 4) is 0 Å². The lowest BCUT2D eigenvalue weighted by Crippen LogP contribution is -2.34. The molecule has 0 aromatic carbocycles. The molecule has 0 bridgehead atoms. The SMILES string of the molecule is Cc1cc(Cl)c(C(=O)N(C)CC2CCCO2)cn1. The third kappa shape index (κ3) is 3.00. The molecule has 0 radical (unpaired) electrons. The summed E-state index contributed by atoms with van der Waals surface area (Å²) in [6.07, 6.45) is 3.76. The maximum Gasteiger partial charge on any atom is 0.256 e. The predicted octanol–water partition coefficient (Wildman–Crippen LogP) is 2.29. The summed E-state index contributed by atoms with van der Waals surface area (Å²) in [5, 5.41) is 0.451. The molecule has 18 heavy (non-hydrogen) atoms. The fourth-order valence-electron chi connectivity index (χ4n) is 2.07. The average Bonchev–Trinajstić information content (AvgIpc) is 2.81. The molecule has 5 heteroatoms. The topological polar surface area (TPSA) is 42.4 Å². The first-order valence-corrected chi connectivity index (χ1v) is 6.45. The summed E-state index contributed by atoms with van der Waals surface area (Å²) in [4.78, 5) is 18.0. The van der Waals surface area contributed by atoms with Crippen molar-refractivity contribution in [2.24, 2.45) is 0 Å². The fourth-order valence-corrected chi connectivity index (χ4v) is 2.35. The molecule has 0 aliphatic carbocycles. The highest BCUT2D eigenvalue weighted by atomic mass is 35.5. The van der Waals surface area contributed by atoms with Crippen LogP contribution in [0.2, 0.25) is 5.02 Å². The van der Waals surface area contributed by atoms with Gasteiger partial charge in [-0.1, -0.05) is 11.6 Å². The van der Waals surface area contributed by atoms with E-state index in [1.165, 1.54) is 6.20 Å². The molecule has 0 spiro atoms. The Kier molecular flexibility index (Phi) is 4.19. The van der Waals surface area contributed by atoms with Crippen molar-refractivity contribution < 1.29 is 9.53 Å². The first-order valence-electron chi connectivity index (χ1n) is 6.07. The Hall–Kier alpha value is -1.13. The van der Waals surface area contributed by atoms with E-state index in [1.54, 1.807) is 18.0 Å². The number of likely N-dealkylation sites (N-methyl/N-ethyl adjacent to an activating group) is 1. The second-order valence-electron chi connectivity index (χ2n) is 4.63.